The van der Waals surface area contributed by atoms with Gasteiger partial charge in [0, 0.05) is 35.1 Å². The van der Waals surface area contributed by atoms with Gasteiger partial charge in [-0.25, -0.2) is 9.78 Å². The number of hydrogen-bond acceptors (Lipinski definition) is 5. The maximum atomic E-state index is 13.2. The number of carbonyl (C=O) groups excluding carboxylic acids is 2. The van der Waals surface area contributed by atoms with E-state index in [1.165, 1.54) is 6.08 Å². The normalized spacial score (nSPS) is 10.9. The summed E-state index contributed by atoms with van der Waals surface area (Å²) in [4.78, 5) is 33.4. The van der Waals surface area contributed by atoms with Crippen LogP contribution in [-0.2, 0) is 9.53 Å². The second-order valence-corrected chi connectivity index (χ2v) is 6.98. The van der Waals surface area contributed by atoms with Crippen molar-refractivity contribution >= 4 is 34.5 Å². The molecule has 0 bridgehead atoms. The van der Waals surface area contributed by atoms with Gasteiger partial charge in [0.25, 0.3) is 5.91 Å². The molecule has 0 unspecified atom stereocenters. The van der Waals surface area contributed by atoms with Gasteiger partial charge >= 0.3 is 5.97 Å². The number of para-hydroxylation sites is 1. The fraction of sp³-hybridized carbons (Fsp3) is 0.0769. The van der Waals surface area contributed by atoms with E-state index >= 15 is 0 Å². The van der Waals surface area contributed by atoms with Gasteiger partial charge in [-0.1, -0.05) is 30.3 Å². The molecule has 6 heteroatoms. The fourth-order valence-corrected chi connectivity index (χ4v) is 3.26. The number of esters is 1. The molecule has 4 aromatic rings. The number of nitrogens with one attached hydrogen (secondary N) is 1. The largest absolute Gasteiger partial charge is 0.463 e. The van der Waals surface area contributed by atoms with Gasteiger partial charge < -0.3 is 10.1 Å². The highest BCUT2D eigenvalue weighted by Gasteiger charge is 2.14. The molecule has 4 rings (SSSR count). The van der Waals surface area contributed by atoms with Gasteiger partial charge in [0.05, 0.1) is 23.4 Å². The van der Waals surface area contributed by atoms with Gasteiger partial charge in [0.15, 0.2) is 0 Å². The Morgan fingerprint density at radius 3 is 2.59 bits per heavy atom. The highest BCUT2D eigenvalue weighted by molar-refractivity contribution is 6.13. The van der Waals surface area contributed by atoms with Gasteiger partial charge in [-0.3, -0.25) is 9.78 Å². The zero-order valence-electron chi connectivity index (χ0n) is 17.5. The third-order valence-electron chi connectivity index (χ3n) is 4.79. The summed E-state index contributed by atoms with van der Waals surface area (Å²) in [6.07, 6.45) is 6.46. The Kier molecular flexibility index (Phi) is 6.32. The van der Waals surface area contributed by atoms with Crippen LogP contribution in [0.5, 0.6) is 0 Å². The van der Waals surface area contributed by atoms with Crippen LogP contribution in [0.1, 0.15) is 22.8 Å². The Bertz CT molecular complexity index is 1280. The van der Waals surface area contributed by atoms with Crippen molar-refractivity contribution in [1.82, 2.24) is 9.97 Å². The maximum absolute atomic E-state index is 13.2. The summed E-state index contributed by atoms with van der Waals surface area (Å²) in [6.45, 7) is 2.09. The highest BCUT2D eigenvalue weighted by atomic mass is 16.5. The van der Waals surface area contributed by atoms with Crippen LogP contribution in [0, 0.1) is 0 Å². The molecule has 0 radical (unpaired) electrons. The molecule has 0 aliphatic heterocycles. The van der Waals surface area contributed by atoms with Gasteiger partial charge in [-0.2, -0.15) is 0 Å². The van der Waals surface area contributed by atoms with Crippen LogP contribution in [-0.4, -0.2) is 28.5 Å². The van der Waals surface area contributed by atoms with Crippen molar-refractivity contribution in [3.05, 3.63) is 96.3 Å². The van der Waals surface area contributed by atoms with Crippen LogP contribution in [0.3, 0.4) is 0 Å². The number of carbonyl (C=O) groups is 2. The van der Waals surface area contributed by atoms with Crippen molar-refractivity contribution in [3.8, 4) is 11.3 Å². The third kappa shape index (κ3) is 4.87. The lowest BCUT2D eigenvalue weighted by atomic mass is 10.0. The Morgan fingerprint density at radius 2 is 1.84 bits per heavy atom. The first-order chi connectivity index (χ1) is 15.6. The molecule has 0 fully saturated rings. The minimum atomic E-state index is -0.390. The summed E-state index contributed by atoms with van der Waals surface area (Å²) >= 11 is 0. The van der Waals surface area contributed by atoms with E-state index in [1.54, 1.807) is 43.6 Å². The van der Waals surface area contributed by atoms with Crippen molar-refractivity contribution in [1.29, 1.82) is 0 Å². The predicted molar refractivity (Wildman–Crippen MR) is 125 cm³/mol. The van der Waals surface area contributed by atoms with Crippen LogP contribution >= 0.6 is 0 Å². The van der Waals surface area contributed by atoms with Gasteiger partial charge in [0.1, 0.15) is 0 Å². The van der Waals surface area contributed by atoms with Crippen LogP contribution in [0.2, 0.25) is 0 Å². The quantitative estimate of drug-likeness (QED) is 0.344. The molecule has 0 aliphatic rings. The number of aromatic nitrogens is 2. The number of fused-ring (bicyclic) bond motifs is 1. The molecular formula is C26H21N3O3. The number of nitrogens with zero attached hydrogens (tertiary/aromatic N) is 2. The van der Waals surface area contributed by atoms with Gasteiger partial charge in [0.2, 0.25) is 0 Å². The van der Waals surface area contributed by atoms with E-state index in [4.69, 9.17) is 4.74 Å². The van der Waals surface area contributed by atoms with Crippen LogP contribution in [0.25, 0.3) is 28.2 Å². The molecule has 2 aromatic heterocycles. The summed E-state index contributed by atoms with van der Waals surface area (Å²) in [7, 11) is 0. The van der Waals surface area contributed by atoms with Crippen molar-refractivity contribution in [2.24, 2.45) is 0 Å². The zero-order valence-corrected chi connectivity index (χ0v) is 17.5. The highest BCUT2D eigenvalue weighted by Crippen LogP contribution is 2.25. The fourth-order valence-electron chi connectivity index (χ4n) is 3.26. The van der Waals surface area contributed by atoms with Crippen molar-refractivity contribution in [2.75, 3.05) is 11.9 Å². The number of pyridine rings is 2. The van der Waals surface area contributed by atoms with Crippen molar-refractivity contribution < 1.29 is 14.3 Å². The Morgan fingerprint density at radius 1 is 1.03 bits per heavy atom. The SMILES string of the molecule is CCOC(=O)/C=C/c1ccc(NC(=O)c2cc(-c3cccnc3)nc3ccccc23)cc1. The molecule has 0 atom stereocenters. The van der Waals surface area contributed by atoms with E-state index in [2.05, 4.69) is 15.3 Å². The number of benzene rings is 2. The zero-order chi connectivity index (χ0) is 22.3. The summed E-state index contributed by atoms with van der Waals surface area (Å²) in [5.41, 5.74) is 4.25. The average molecular weight is 423 g/mol. The second-order valence-electron chi connectivity index (χ2n) is 6.98. The number of ether oxygens (including phenoxy) is 1. The van der Waals surface area contributed by atoms with E-state index in [0.717, 1.165) is 22.0 Å². The summed E-state index contributed by atoms with van der Waals surface area (Å²) in [6, 6.07) is 20.3. The first-order valence-corrected chi connectivity index (χ1v) is 10.2. The molecule has 0 saturated carbocycles. The number of anilines is 1. The van der Waals surface area contributed by atoms with Crippen molar-refractivity contribution in [2.45, 2.75) is 6.92 Å². The lowest BCUT2D eigenvalue weighted by Gasteiger charge is -2.11. The Balaban J connectivity index is 1.59. The van der Waals surface area contributed by atoms with Crippen LogP contribution in [0.15, 0.2) is 85.2 Å². The molecular weight excluding hydrogens is 402 g/mol. The molecule has 1 amide bonds. The predicted octanol–water partition coefficient (Wildman–Crippen LogP) is 5.13. The van der Waals surface area contributed by atoms with E-state index in [9.17, 15) is 9.59 Å². The Labute approximate surface area is 185 Å². The van der Waals surface area contributed by atoms with E-state index in [1.807, 2.05) is 48.5 Å². The number of amides is 1. The molecule has 6 nitrogen and oxygen atoms in total. The molecule has 0 aliphatic carbocycles. The van der Waals surface area contributed by atoms with Crippen molar-refractivity contribution in [3.63, 3.8) is 0 Å². The molecule has 32 heavy (non-hydrogen) atoms. The summed E-state index contributed by atoms with van der Waals surface area (Å²) < 4.78 is 4.87. The first kappa shape index (κ1) is 20.9. The molecule has 1 N–H and O–H groups in total. The van der Waals surface area contributed by atoms with Crippen LogP contribution < -0.4 is 5.32 Å². The summed E-state index contributed by atoms with van der Waals surface area (Å²) in [5, 5.41) is 3.71. The Hall–Kier alpha value is -4.32. The number of rotatable bonds is 6. The lowest BCUT2D eigenvalue weighted by Crippen LogP contribution is -2.13. The topological polar surface area (TPSA) is 81.2 Å². The van der Waals surface area contributed by atoms with E-state index < -0.39 is 0 Å². The molecule has 0 spiro atoms. The number of hydrogen-bond donors (Lipinski definition) is 1. The van der Waals surface area contributed by atoms with E-state index in [-0.39, 0.29) is 11.9 Å². The standard InChI is InChI=1S/C26H21N3O3/c1-2-32-25(30)14-11-18-9-12-20(13-10-18)28-26(31)22-16-24(19-6-5-15-27-17-19)29-23-8-4-3-7-21(22)23/h3-17H,2H2,1H3,(H,28,31)/b14-11+. The molecule has 2 heterocycles. The monoisotopic (exact) mass is 423 g/mol. The minimum Gasteiger partial charge on any atom is -0.463 e. The third-order valence-corrected chi connectivity index (χ3v) is 4.79. The smallest absolute Gasteiger partial charge is 0.330 e. The molecule has 158 valence electrons. The first-order valence-electron chi connectivity index (χ1n) is 10.2. The molecule has 2 aromatic carbocycles. The minimum absolute atomic E-state index is 0.233. The average Bonchev–Trinajstić information content (AvgIpc) is 2.83. The second kappa shape index (κ2) is 9.66. The lowest BCUT2D eigenvalue weighted by molar-refractivity contribution is -0.137. The van der Waals surface area contributed by atoms with Gasteiger partial charge in [-0.15, -0.1) is 0 Å². The maximum Gasteiger partial charge on any atom is 0.330 e. The molecule has 0 saturated heterocycles. The summed E-state index contributed by atoms with van der Waals surface area (Å²) in [5.74, 6) is -0.623. The van der Waals surface area contributed by atoms with Crippen LogP contribution in [0.4, 0.5) is 5.69 Å². The van der Waals surface area contributed by atoms with E-state index in [0.29, 0.717) is 23.6 Å². The van der Waals surface area contributed by atoms with Gasteiger partial charge in [-0.05, 0) is 55.0 Å².